The molecule has 4 nitrogen and oxygen atoms in total. The lowest BCUT2D eigenvalue weighted by Gasteiger charge is -2.26. The molecule has 0 N–H and O–H groups in total. The molecule has 3 rings (SSSR count). The molecule has 0 unspecified atom stereocenters. The molecule has 3 aromatic carbocycles. The van der Waals surface area contributed by atoms with Crippen molar-refractivity contribution >= 4 is 27.3 Å². The zero-order valence-electron chi connectivity index (χ0n) is 15.4. The molecule has 0 bridgehead atoms. The van der Waals surface area contributed by atoms with E-state index < -0.39 is 15.8 Å². The SMILES string of the molecule is COc1ccc(CN(c2cccc(F)c2)S(=O)(=O)c2cccc(Cl)c2C)cc1. The van der Waals surface area contributed by atoms with Gasteiger partial charge in [-0.2, -0.15) is 0 Å². The van der Waals surface area contributed by atoms with Gasteiger partial charge in [0.2, 0.25) is 0 Å². The third-order valence-corrected chi connectivity index (χ3v) is 6.70. The topological polar surface area (TPSA) is 46.6 Å². The molecule has 0 saturated heterocycles. The van der Waals surface area contributed by atoms with Gasteiger partial charge in [-0.05, 0) is 60.5 Å². The summed E-state index contributed by atoms with van der Waals surface area (Å²) in [6.45, 7) is 1.67. The predicted molar refractivity (Wildman–Crippen MR) is 109 cm³/mol. The molecular weight excluding hydrogens is 401 g/mol. The maximum atomic E-state index is 13.8. The lowest BCUT2D eigenvalue weighted by Crippen LogP contribution is -2.31. The first-order valence-electron chi connectivity index (χ1n) is 8.49. The van der Waals surface area contributed by atoms with Crippen molar-refractivity contribution in [3.63, 3.8) is 0 Å². The second-order valence-electron chi connectivity index (χ2n) is 6.20. The Balaban J connectivity index is 2.11. The molecule has 0 aliphatic heterocycles. The van der Waals surface area contributed by atoms with Gasteiger partial charge in [0.25, 0.3) is 10.0 Å². The average Bonchev–Trinajstić information content (AvgIpc) is 2.68. The van der Waals surface area contributed by atoms with Gasteiger partial charge in [0.1, 0.15) is 11.6 Å². The number of anilines is 1. The lowest BCUT2D eigenvalue weighted by atomic mass is 10.2. The number of halogens is 2. The van der Waals surface area contributed by atoms with Crippen LogP contribution in [0.5, 0.6) is 5.75 Å². The zero-order valence-corrected chi connectivity index (χ0v) is 17.0. The molecule has 0 aromatic heterocycles. The highest BCUT2D eigenvalue weighted by atomic mass is 35.5. The van der Waals surface area contributed by atoms with E-state index in [4.69, 9.17) is 16.3 Å². The third-order valence-electron chi connectivity index (χ3n) is 4.37. The highest BCUT2D eigenvalue weighted by Crippen LogP contribution is 2.31. The molecule has 0 aliphatic rings. The quantitative estimate of drug-likeness (QED) is 0.552. The van der Waals surface area contributed by atoms with E-state index in [1.807, 2.05) is 0 Å². The summed E-state index contributed by atoms with van der Waals surface area (Å²) < 4.78 is 47.1. The van der Waals surface area contributed by atoms with E-state index in [1.165, 1.54) is 28.6 Å². The van der Waals surface area contributed by atoms with E-state index >= 15 is 0 Å². The Morgan fingerprint density at radius 3 is 2.36 bits per heavy atom. The number of hydrogen-bond donors (Lipinski definition) is 0. The molecule has 0 fully saturated rings. The third kappa shape index (κ3) is 4.13. The summed E-state index contributed by atoms with van der Waals surface area (Å²) in [5, 5.41) is 0.352. The molecule has 146 valence electrons. The van der Waals surface area contributed by atoms with Crippen molar-refractivity contribution in [1.82, 2.24) is 0 Å². The normalized spacial score (nSPS) is 11.3. The number of methoxy groups -OCH3 is 1. The van der Waals surface area contributed by atoms with E-state index in [0.29, 0.717) is 16.3 Å². The second-order valence-corrected chi connectivity index (χ2v) is 8.44. The van der Waals surface area contributed by atoms with Gasteiger partial charge in [-0.25, -0.2) is 12.8 Å². The Labute approximate surface area is 169 Å². The molecule has 0 spiro atoms. The monoisotopic (exact) mass is 419 g/mol. The number of rotatable bonds is 6. The molecule has 3 aromatic rings. The van der Waals surface area contributed by atoms with Crippen LogP contribution >= 0.6 is 11.6 Å². The van der Waals surface area contributed by atoms with Gasteiger partial charge >= 0.3 is 0 Å². The van der Waals surface area contributed by atoms with Gasteiger partial charge in [-0.3, -0.25) is 4.31 Å². The van der Waals surface area contributed by atoms with Gasteiger partial charge in [0.05, 0.1) is 24.2 Å². The standard InChI is InChI=1S/C21H19ClFNO3S/c1-15-20(22)7-4-8-21(15)28(25,26)24(18-6-3-5-17(23)13-18)14-16-9-11-19(27-2)12-10-16/h3-13H,14H2,1-2H3. The van der Waals surface area contributed by atoms with Crippen LogP contribution < -0.4 is 9.04 Å². The van der Waals surface area contributed by atoms with Gasteiger partial charge < -0.3 is 4.74 Å². The lowest BCUT2D eigenvalue weighted by molar-refractivity contribution is 0.414. The molecule has 0 heterocycles. The van der Waals surface area contributed by atoms with Crippen LogP contribution in [0.3, 0.4) is 0 Å². The van der Waals surface area contributed by atoms with Crippen molar-refractivity contribution in [3.05, 3.63) is 88.7 Å². The summed E-state index contributed by atoms with van der Waals surface area (Å²) in [6.07, 6.45) is 0. The average molecular weight is 420 g/mol. The summed E-state index contributed by atoms with van der Waals surface area (Å²) >= 11 is 6.13. The minimum Gasteiger partial charge on any atom is -0.497 e. The van der Waals surface area contributed by atoms with Crippen LogP contribution in [0.25, 0.3) is 0 Å². The van der Waals surface area contributed by atoms with E-state index in [0.717, 1.165) is 5.56 Å². The first kappa shape index (κ1) is 20.2. The maximum absolute atomic E-state index is 13.8. The maximum Gasteiger partial charge on any atom is 0.264 e. The van der Waals surface area contributed by atoms with E-state index in [2.05, 4.69) is 0 Å². The fourth-order valence-corrected chi connectivity index (χ4v) is 4.75. The Hall–Kier alpha value is -2.57. The second kappa shape index (κ2) is 8.20. The van der Waals surface area contributed by atoms with Crippen LogP contribution in [0.15, 0.2) is 71.6 Å². The smallest absolute Gasteiger partial charge is 0.264 e. The van der Waals surface area contributed by atoms with Crippen molar-refractivity contribution in [2.24, 2.45) is 0 Å². The number of sulfonamides is 1. The highest BCUT2D eigenvalue weighted by molar-refractivity contribution is 7.92. The van der Waals surface area contributed by atoms with Crippen LogP contribution in [-0.4, -0.2) is 15.5 Å². The van der Waals surface area contributed by atoms with Gasteiger partial charge in [-0.1, -0.05) is 35.9 Å². The number of hydrogen-bond acceptors (Lipinski definition) is 3. The molecular formula is C21H19ClFNO3S. The predicted octanol–water partition coefficient (Wildman–Crippen LogP) is 5.19. The number of benzene rings is 3. The fourth-order valence-electron chi connectivity index (χ4n) is 2.83. The Bertz CT molecular complexity index is 1090. The number of ether oxygens (including phenoxy) is 1. The highest BCUT2D eigenvalue weighted by Gasteiger charge is 2.27. The van der Waals surface area contributed by atoms with Crippen molar-refractivity contribution in [1.29, 1.82) is 0 Å². The summed E-state index contributed by atoms with van der Waals surface area (Å²) in [4.78, 5) is 0.0813. The Morgan fingerprint density at radius 2 is 1.71 bits per heavy atom. The zero-order chi connectivity index (χ0) is 20.3. The Morgan fingerprint density at radius 1 is 1.04 bits per heavy atom. The van der Waals surface area contributed by atoms with E-state index in [9.17, 15) is 12.8 Å². The van der Waals surface area contributed by atoms with Crippen LogP contribution in [0.1, 0.15) is 11.1 Å². The molecule has 0 radical (unpaired) electrons. The van der Waals surface area contributed by atoms with Crippen molar-refractivity contribution < 1.29 is 17.5 Å². The summed E-state index contributed by atoms with van der Waals surface area (Å²) in [6, 6.07) is 17.2. The van der Waals surface area contributed by atoms with Crippen LogP contribution in [0, 0.1) is 12.7 Å². The Kier molecular flexibility index (Phi) is 5.91. The van der Waals surface area contributed by atoms with Crippen molar-refractivity contribution in [2.75, 3.05) is 11.4 Å². The van der Waals surface area contributed by atoms with E-state index in [1.54, 1.807) is 56.5 Å². The minimum atomic E-state index is -3.99. The van der Waals surface area contributed by atoms with Gasteiger partial charge in [0.15, 0.2) is 0 Å². The summed E-state index contributed by atoms with van der Waals surface area (Å²) in [5.41, 5.74) is 1.41. The van der Waals surface area contributed by atoms with Gasteiger partial charge in [-0.15, -0.1) is 0 Å². The van der Waals surface area contributed by atoms with Crippen LogP contribution in [0.2, 0.25) is 5.02 Å². The fraction of sp³-hybridized carbons (Fsp3) is 0.143. The summed E-state index contributed by atoms with van der Waals surface area (Å²) in [7, 11) is -2.43. The number of nitrogens with zero attached hydrogens (tertiary/aromatic N) is 1. The van der Waals surface area contributed by atoms with Crippen LogP contribution in [-0.2, 0) is 16.6 Å². The molecule has 0 aliphatic carbocycles. The van der Waals surface area contributed by atoms with Crippen molar-refractivity contribution in [3.8, 4) is 5.75 Å². The van der Waals surface area contributed by atoms with Gasteiger partial charge in [0, 0.05) is 5.02 Å². The molecule has 0 saturated carbocycles. The largest absolute Gasteiger partial charge is 0.497 e. The summed E-state index contributed by atoms with van der Waals surface area (Å²) in [5.74, 6) is 0.143. The van der Waals surface area contributed by atoms with Crippen LogP contribution in [0.4, 0.5) is 10.1 Å². The molecule has 0 amide bonds. The molecule has 28 heavy (non-hydrogen) atoms. The molecule has 7 heteroatoms. The minimum absolute atomic E-state index is 0.0295. The van der Waals surface area contributed by atoms with E-state index in [-0.39, 0.29) is 17.1 Å². The van der Waals surface area contributed by atoms with Crippen molar-refractivity contribution in [2.45, 2.75) is 18.4 Å². The first-order valence-corrected chi connectivity index (χ1v) is 10.3. The molecule has 0 atom stereocenters. The first-order chi connectivity index (χ1) is 13.3.